The lowest BCUT2D eigenvalue weighted by Gasteiger charge is -2.13. The van der Waals surface area contributed by atoms with Crippen LogP contribution in [0.2, 0.25) is 0 Å². The maximum Gasteiger partial charge on any atom is 0.375 e. The number of ketones is 3. The molecule has 0 atom stereocenters. The number of hydrogen-bond acceptors (Lipinski definition) is 6. The maximum atomic E-state index is 14.4. The van der Waals surface area contributed by atoms with Gasteiger partial charge in [0.15, 0.2) is 11.6 Å². The van der Waals surface area contributed by atoms with Crippen LogP contribution in [0.5, 0.6) is 5.75 Å². The molecule has 0 aromatic heterocycles. The van der Waals surface area contributed by atoms with E-state index in [1.54, 1.807) is 19.9 Å². The molecule has 3 aromatic rings. The van der Waals surface area contributed by atoms with Gasteiger partial charge < -0.3 is 9.47 Å². The van der Waals surface area contributed by atoms with Crippen LogP contribution in [0.3, 0.4) is 0 Å². The topological polar surface area (TPSA) is 86.7 Å². The van der Waals surface area contributed by atoms with Gasteiger partial charge in [0.25, 0.3) is 0 Å². The molecule has 0 fully saturated rings. The molecule has 0 radical (unpaired) electrons. The zero-order valence-corrected chi connectivity index (χ0v) is 18.8. The summed E-state index contributed by atoms with van der Waals surface area (Å²) in [5, 5.41) is 0. The molecule has 0 unspecified atom stereocenters. The van der Waals surface area contributed by atoms with Crippen molar-refractivity contribution in [3.63, 3.8) is 0 Å². The van der Waals surface area contributed by atoms with E-state index < -0.39 is 35.6 Å². The third kappa shape index (κ3) is 6.01. The van der Waals surface area contributed by atoms with Crippen molar-refractivity contribution in [1.29, 1.82) is 0 Å². The molecule has 6 nitrogen and oxygen atoms in total. The molecule has 3 aromatic carbocycles. The fourth-order valence-corrected chi connectivity index (χ4v) is 3.23. The van der Waals surface area contributed by atoms with Crippen molar-refractivity contribution in [2.75, 3.05) is 6.61 Å². The highest BCUT2D eigenvalue weighted by Gasteiger charge is 2.24. The summed E-state index contributed by atoms with van der Waals surface area (Å²) in [6.07, 6.45) is -0.753. The van der Waals surface area contributed by atoms with Crippen LogP contribution in [0, 0.1) is 12.7 Å². The van der Waals surface area contributed by atoms with Gasteiger partial charge in [0.05, 0.1) is 24.2 Å². The Kier molecular flexibility index (Phi) is 8.03. The van der Waals surface area contributed by atoms with Gasteiger partial charge in [-0.3, -0.25) is 14.4 Å². The van der Waals surface area contributed by atoms with E-state index in [0.717, 1.165) is 5.56 Å². The van der Waals surface area contributed by atoms with Crippen LogP contribution in [0.1, 0.15) is 50.8 Å². The lowest BCUT2D eigenvalue weighted by atomic mass is 9.97. The molecule has 0 aliphatic rings. The van der Waals surface area contributed by atoms with Crippen molar-refractivity contribution >= 4 is 23.3 Å². The van der Waals surface area contributed by atoms with Gasteiger partial charge in [-0.2, -0.15) is 0 Å². The summed E-state index contributed by atoms with van der Waals surface area (Å²) >= 11 is 0. The van der Waals surface area contributed by atoms with Crippen LogP contribution < -0.4 is 4.74 Å². The third-order valence-electron chi connectivity index (χ3n) is 4.97. The Morgan fingerprint density at radius 2 is 1.62 bits per heavy atom. The number of carbonyl (C=O) groups is 4. The van der Waals surface area contributed by atoms with E-state index in [2.05, 4.69) is 4.74 Å². The highest BCUT2D eigenvalue weighted by atomic mass is 19.1. The first-order chi connectivity index (χ1) is 16.3. The summed E-state index contributed by atoms with van der Waals surface area (Å²) < 4.78 is 24.8. The molecule has 0 heterocycles. The quantitative estimate of drug-likeness (QED) is 0.189. The number of Topliss-reactive ketones (excluding diaryl/α,β-unsaturated/α-hetero) is 2. The van der Waals surface area contributed by atoms with E-state index in [1.165, 1.54) is 30.3 Å². The average Bonchev–Trinajstić information content (AvgIpc) is 2.83. The molecule has 0 N–H and O–H groups in total. The van der Waals surface area contributed by atoms with Gasteiger partial charge in [-0.05, 0) is 55.3 Å². The van der Waals surface area contributed by atoms with E-state index in [4.69, 9.17) is 4.74 Å². The van der Waals surface area contributed by atoms with Crippen LogP contribution >= 0.6 is 0 Å². The first-order valence-corrected chi connectivity index (χ1v) is 10.6. The molecular formula is C27H23FO6. The molecule has 7 heteroatoms. The fourth-order valence-electron chi connectivity index (χ4n) is 3.23. The largest absolute Gasteiger partial charge is 0.488 e. The lowest BCUT2D eigenvalue weighted by Crippen LogP contribution is -2.21. The minimum atomic E-state index is -1.11. The van der Waals surface area contributed by atoms with E-state index in [0.29, 0.717) is 5.56 Å². The lowest BCUT2D eigenvalue weighted by molar-refractivity contribution is -0.153. The van der Waals surface area contributed by atoms with Crippen molar-refractivity contribution in [3.8, 4) is 5.75 Å². The number of halogens is 1. The van der Waals surface area contributed by atoms with Crippen LogP contribution in [-0.2, 0) is 20.9 Å². The molecule has 3 rings (SSSR count). The summed E-state index contributed by atoms with van der Waals surface area (Å²) in [4.78, 5) is 49.6. The van der Waals surface area contributed by atoms with Gasteiger partial charge in [-0.15, -0.1) is 0 Å². The summed E-state index contributed by atoms with van der Waals surface area (Å²) in [5.74, 6) is -4.03. The average molecular weight is 462 g/mol. The zero-order valence-electron chi connectivity index (χ0n) is 18.8. The second kappa shape index (κ2) is 11.1. The van der Waals surface area contributed by atoms with Gasteiger partial charge in [-0.25, -0.2) is 9.18 Å². The number of ether oxygens (including phenoxy) is 2. The second-order valence-electron chi connectivity index (χ2n) is 7.54. The highest BCUT2D eigenvalue weighted by Crippen LogP contribution is 2.25. The van der Waals surface area contributed by atoms with Crippen molar-refractivity contribution in [2.45, 2.75) is 26.9 Å². The normalized spacial score (nSPS) is 10.4. The predicted octanol–water partition coefficient (Wildman–Crippen LogP) is 4.65. The molecule has 0 saturated carbocycles. The number of hydrogen-bond donors (Lipinski definition) is 0. The Morgan fingerprint density at radius 3 is 2.29 bits per heavy atom. The standard InChI is InChI=1S/C27H23FO6/c1-3-33-27(32)24(30)15-23(29)21-14-19(26(31)20-11-9-17(2)13-22(20)28)10-12-25(21)34-16-18-7-5-4-6-8-18/h4-14H,3,15-16H2,1-2H3. The number of rotatable bonds is 10. The van der Waals surface area contributed by atoms with E-state index in [1.807, 2.05) is 30.3 Å². The van der Waals surface area contributed by atoms with Crippen molar-refractivity contribution in [1.82, 2.24) is 0 Å². The fraction of sp³-hybridized carbons (Fsp3) is 0.185. The monoisotopic (exact) mass is 462 g/mol. The highest BCUT2D eigenvalue weighted by molar-refractivity contribution is 6.38. The van der Waals surface area contributed by atoms with Gasteiger partial charge >= 0.3 is 5.97 Å². The Hall–Kier alpha value is -4.13. The number of aryl methyl sites for hydroxylation is 1. The van der Waals surface area contributed by atoms with Gasteiger partial charge in [0, 0.05) is 5.56 Å². The maximum absolute atomic E-state index is 14.4. The van der Waals surface area contributed by atoms with Gasteiger partial charge in [-0.1, -0.05) is 36.4 Å². The van der Waals surface area contributed by atoms with Crippen molar-refractivity contribution in [2.24, 2.45) is 0 Å². The first-order valence-electron chi connectivity index (χ1n) is 10.6. The van der Waals surface area contributed by atoms with Crippen LogP contribution in [0.25, 0.3) is 0 Å². The van der Waals surface area contributed by atoms with E-state index in [9.17, 15) is 23.6 Å². The Labute approximate surface area is 196 Å². The van der Waals surface area contributed by atoms with Crippen LogP contribution in [0.4, 0.5) is 4.39 Å². The predicted molar refractivity (Wildman–Crippen MR) is 122 cm³/mol. The third-order valence-corrected chi connectivity index (χ3v) is 4.97. The second-order valence-corrected chi connectivity index (χ2v) is 7.54. The Morgan fingerprint density at radius 1 is 0.882 bits per heavy atom. The van der Waals surface area contributed by atoms with Crippen LogP contribution in [0.15, 0.2) is 66.7 Å². The smallest absolute Gasteiger partial charge is 0.375 e. The summed E-state index contributed by atoms with van der Waals surface area (Å²) in [7, 11) is 0. The van der Waals surface area contributed by atoms with Crippen LogP contribution in [-0.4, -0.2) is 29.9 Å². The molecule has 0 amide bonds. The molecule has 0 aliphatic heterocycles. The SMILES string of the molecule is CCOC(=O)C(=O)CC(=O)c1cc(C(=O)c2ccc(C)cc2F)ccc1OCc1ccccc1. The molecule has 34 heavy (non-hydrogen) atoms. The van der Waals surface area contributed by atoms with E-state index >= 15 is 0 Å². The number of esters is 1. The zero-order chi connectivity index (χ0) is 24.7. The molecule has 174 valence electrons. The molecule has 0 saturated heterocycles. The minimum Gasteiger partial charge on any atom is -0.488 e. The number of benzene rings is 3. The van der Waals surface area contributed by atoms with Gasteiger partial charge in [0.1, 0.15) is 18.2 Å². The molecule has 0 bridgehead atoms. The Bertz CT molecular complexity index is 1230. The van der Waals surface area contributed by atoms with Crippen molar-refractivity contribution in [3.05, 3.63) is 100 Å². The van der Waals surface area contributed by atoms with E-state index in [-0.39, 0.29) is 35.7 Å². The summed E-state index contributed by atoms with van der Waals surface area (Å²) in [6, 6.07) is 17.5. The van der Waals surface area contributed by atoms with Crippen molar-refractivity contribution < 1.29 is 33.0 Å². The van der Waals surface area contributed by atoms with Gasteiger partial charge in [0.2, 0.25) is 5.78 Å². The number of carbonyl (C=O) groups excluding carboxylic acids is 4. The first kappa shape index (κ1) is 24.5. The molecule has 0 spiro atoms. The molecule has 0 aliphatic carbocycles. The molecular weight excluding hydrogens is 439 g/mol. The Balaban J connectivity index is 1.93. The summed E-state index contributed by atoms with van der Waals surface area (Å²) in [5.41, 5.74) is 1.33. The minimum absolute atomic E-state index is 0.00367. The summed E-state index contributed by atoms with van der Waals surface area (Å²) in [6.45, 7) is 3.37.